The topological polar surface area (TPSA) is 93.1 Å². The van der Waals surface area contributed by atoms with Crippen LogP contribution >= 0.6 is 11.6 Å². The molecule has 3 saturated carbocycles. The molecule has 3 fully saturated rings. The Morgan fingerprint density at radius 1 is 1.32 bits per heavy atom. The number of hydrogen-bond acceptors (Lipinski definition) is 5. The van der Waals surface area contributed by atoms with Crippen molar-refractivity contribution in [1.82, 2.24) is 0 Å². The van der Waals surface area contributed by atoms with Gasteiger partial charge in [0.2, 0.25) is 0 Å². The fourth-order valence-electron chi connectivity index (χ4n) is 8.45. The van der Waals surface area contributed by atoms with E-state index >= 15 is 0 Å². The van der Waals surface area contributed by atoms with Gasteiger partial charge in [0.25, 0.3) is 0 Å². The van der Waals surface area contributed by atoms with Gasteiger partial charge in [-0.05, 0) is 61.0 Å². The van der Waals surface area contributed by atoms with Crippen molar-refractivity contribution in [3.63, 3.8) is 0 Å². The third-order valence-electron chi connectivity index (χ3n) is 9.98. The van der Waals surface area contributed by atoms with E-state index in [1.54, 1.807) is 0 Å². The van der Waals surface area contributed by atoms with E-state index in [2.05, 4.69) is 24.3 Å². The highest BCUT2D eigenvalue weighted by Gasteiger charge is 2.75. The predicted octanol–water partition coefficient (Wildman–Crippen LogP) is 2.13. The van der Waals surface area contributed by atoms with E-state index in [4.69, 9.17) is 11.6 Å². The largest absolute Gasteiger partial charge is 0.391 e. The zero-order valence-electron chi connectivity index (χ0n) is 18.8. The third kappa shape index (κ3) is 2.38. The van der Waals surface area contributed by atoms with Crippen LogP contribution in [0.25, 0.3) is 0 Å². The van der Waals surface area contributed by atoms with Crippen molar-refractivity contribution in [2.45, 2.75) is 69.5 Å². The van der Waals surface area contributed by atoms with Crippen molar-refractivity contribution in [3.8, 4) is 0 Å². The van der Waals surface area contributed by atoms with E-state index in [9.17, 15) is 20.1 Å². The van der Waals surface area contributed by atoms with Gasteiger partial charge in [0.05, 0.1) is 16.9 Å². The van der Waals surface area contributed by atoms with Gasteiger partial charge < -0.3 is 15.3 Å². The van der Waals surface area contributed by atoms with Crippen LogP contribution in [0.4, 0.5) is 0 Å². The van der Waals surface area contributed by atoms with Crippen LogP contribution in [-0.4, -0.2) is 67.9 Å². The molecule has 0 aromatic heterocycles. The van der Waals surface area contributed by atoms with Crippen molar-refractivity contribution in [3.05, 3.63) is 11.6 Å². The molecule has 1 heterocycles. The number of carbonyl (C=O) groups is 1. The molecule has 4 aliphatic carbocycles. The second kappa shape index (κ2) is 6.49. The number of carbonyl (C=O) groups excluding carboxylic acids is 1. The Kier molecular flexibility index (Phi) is 4.56. The standard InChI is InChI=1S/C24H34ClN2O4/c1-13-7-17-16-6-5-15-8-18-14(11-27(4)26-18)9-21(15,2)23(16,25)19(29)10-22(17,3)24(13,31)20(30)12-28/h8,11,13-14,16-17,19,28-29,31H,5-7,9-10,12H2,1-4H3/q+1/t13-,14?,16-,17-,19-,21-,22-,23-,24-/m0/s1. The van der Waals surface area contributed by atoms with Gasteiger partial charge in [0.15, 0.2) is 19.0 Å². The zero-order valence-corrected chi connectivity index (χ0v) is 19.6. The summed E-state index contributed by atoms with van der Waals surface area (Å²) in [5.74, 6) is -0.661. The third-order valence-corrected chi connectivity index (χ3v) is 10.9. The van der Waals surface area contributed by atoms with E-state index < -0.39 is 39.8 Å². The summed E-state index contributed by atoms with van der Waals surface area (Å²) < 4.78 is 1.86. The van der Waals surface area contributed by atoms with E-state index in [0.29, 0.717) is 6.42 Å². The van der Waals surface area contributed by atoms with E-state index in [1.807, 2.05) is 25.6 Å². The number of ketones is 1. The Morgan fingerprint density at radius 3 is 2.71 bits per heavy atom. The van der Waals surface area contributed by atoms with Gasteiger partial charge in [-0.25, -0.2) is 0 Å². The Bertz CT molecular complexity index is 946. The highest BCUT2D eigenvalue weighted by Crippen LogP contribution is 2.72. The van der Waals surface area contributed by atoms with Gasteiger partial charge in [0.1, 0.15) is 17.9 Å². The molecule has 7 heteroatoms. The Hall–Kier alpha value is -1.08. The summed E-state index contributed by atoms with van der Waals surface area (Å²) >= 11 is 7.58. The molecule has 31 heavy (non-hydrogen) atoms. The van der Waals surface area contributed by atoms with Crippen LogP contribution in [0.1, 0.15) is 52.9 Å². The van der Waals surface area contributed by atoms with Crippen LogP contribution in [0, 0.1) is 34.5 Å². The fourth-order valence-corrected chi connectivity index (χ4v) is 8.99. The quantitative estimate of drug-likeness (QED) is 0.444. The first-order valence-corrected chi connectivity index (χ1v) is 11.9. The highest BCUT2D eigenvalue weighted by atomic mass is 35.5. The van der Waals surface area contributed by atoms with Crippen molar-refractivity contribution < 1.29 is 24.8 Å². The van der Waals surface area contributed by atoms with Crippen molar-refractivity contribution in [2.24, 2.45) is 39.6 Å². The average molecular weight is 450 g/mol. The molecule has 1 aliphatic heterocycles. The summed E-state index contributed by atoms with van der Waals surface area (Å²) in [7, 11) is 1.94. The van der Waals surface area contributed by atoms with E-state index in [-0.39, 0.29) is 30.1 Å². The molecule has 5 rings (SSSR count). The van der Waals surface area contributed by atoms with Crippen LogP contribution in [0.15, 0.2) is 16.8 Å². The van der Waals surface area contributed by atoms with Gasteiger partial charge in [-0.2, -0.15) is 0 Å². The summed E-state index contributed by atoms with van der Waals surface area (Å²) in [4.78, 5) is 11.9. The summed E-state index contributed by atoms with van der Waals surface area (Å²) in [6.45, 7) is 5.32. The monoisotopic (exact) mass is 449 g/mol. The zero-order chi connectivity index (χ0) is 22.6. The number of allylic oxidation sites excluding steroid dienone is 2. The van der Waals surface area contributed by atoms with E-state index in [0.717, 1.165) is 25.0 Å². The van der Waals surface area contributed by atoms with Crippen LogP contribution in [0.5, 0.6) is 0 Å². The molecule has 0 radical (unpaired) electrons. The number of Topliss-reactive ketones (excluding diaryl/α,β-unsaturated/α-hetero) is 1. The molecule has 3 N–H and O–H groups in total. The smallest absolute Gasteiger partial charge is 0.190 e. The van der Waals surface area contributed by atoms with Gasteiger partial charge in [-0.15, -0.1) is 11.6 Å². The number of hydrazone groups is 1. The number of fused-ring (bicyclic) bond motifs is 6. The molecule has 0 amide bonds. The number of hydrogen-bond donors (Lipinski definition) is 3. The van der Waals surface area contributed by atoms with Crippen molar-refractivity contribution in [2.75, 3.05) is 13.7 Å². The molecular formula is C24H34ClN2O4+. The molecule has 0 aromatic carbocycles. The number of aliphatic hydroxyl groups is 3. The minimum absolute atomic E-state index is 0.00701. The highest BCUT2D eigenvalue weighted by molar-refractivity contribution is 6.26. The first-order chi connectivity index (χ1) is 14.4. The molecular weight excluding hydrogens is 416 g/mol. The van der Waals surface area contributed by atoms with Crippen molar-refractivity contribution in [1.29, 1.82) is 0 Å². The van der Waals surface area contributed by atoms with Crippen LogP contribution in [0.3, 0.4) is 0 Å². The molecule has 170 valence electrons. The normalized spacial score (nSPS) is 52.9. The SMILES string of the molecule is C[C@H]1C[C@H]2[C@@H]3CCC4=CC5=N[N+](C)=CC5C[C@]4(C)[C@@]3(Cl)[C@@H](O)C[C@]2(C)[C@@]1(O)C(=O)CO. The number of alkyl halides is 1. The molecule has 1 unspecified atom stereocenters. The molecule has 6 nitrogen and oxygen atoms in total. The van der Waals surface area contributed by atoms with E-state index in [1.165, 1.54) is 5.57 Å². The van der Waals surface area contributed by atoms with Gasteiger partial charge >= 0.3 is 0 Å². The van der Waals surface area contributed by atoms with Crippen molar-refractivity contribution >= 4 is 29.3 Å². The number of halogens is 1. The number of aliphatic hydroxyl groups excluding tert-OH is 2. The maximum atomic E-state index is 12.8. The number of rotatable bonds is 2. The van der Waals surface area contributed by atoms with Crippen LogP contribution in [0.2, 0.25) is 0 Å². The molecule has 0 bridgehead atoms. The Labute approximate surface area is 188 Å². The maximum Gasteiger partial charge on any atom is 0.190 e. The minimum atomic E-state index is -1.64. The first-order valence-electron chi connectivity index (χ1n) is 11.5. The Balaban J connectivity index is 1.60. The van der Waals surface area contributed by atoms with Gasteiger partial charge in [-0.1, -0.05) is 31.0 Å². The fraction of sp³-hybridized carbons (Fsp3) is 0.792. The predicted molar refractivity (Wildman–Crippen MR) is 118 cm³/mol. The lowest BCUT2D eigenvalue weighted by Crippen LogP contribution is -2.69. The lowest BCUT2D eigenvalue weighted by atomic mass is 9.44. The maximum absolute atomic E-state index is 12.8. The summed E-state index contributed by atoms with van der Waals surface area (Å²) in [6, 6.07) is 0. The van der Waals surface area contributed by atoms with Gasteiger partial charge in [-0.3, -0.25) is 4.79 Å². The molecule has 0 aromatic rings. The molecule has 0 saturated heterocycles. The molecule has 5 aliphatic rings. The number of nitrogens with zero attached hydrogens (tertiary/aromatic N) is 2. The summed E-state index contributed by atoms with van der Waals surface area (Å²) in [6.07, 6.45) is 6.87. The second-order valence-electron chi connectivity index (χ2n) is 11.2. The average Bonchev–Trinajstić information content (AvgIpc) is 3.15. The van der Waals surface area contributed by atoms with Gasteiger partial charge in [0, 0.05) is 10.8 Å². The second-order valence-corrected chi connectivity index (χ2v) is 11.8. The Morgan fingerprint density at radius 2 is 2.03 bits per heavy atom. The van der Waals surface area contributed by atoms with Crippen LogP contribution < -0.4 is 0 Å². The lowest BCUT2D eigenvalue weighted by Gasteiger charge is -2.65. The summed E-state index contributed by atoms with van der Waals surface area (Å²) in [5.41, 5.74) is -0.521. The summed E-state index contributed by atoms with van der Waals surface area (Å²) in [5, 5.41) is 37.5. The molecule has 0 spiro atoms. The lowest BCUT2D eigenvalue weighted by molar-refractivity contribution is -0.495. The molecule has 9 atom stereocenters. The minimum Gasteiger partial charge on any atom is -0.391 e. The van der Waals surface area contributed by atoms with Crippen LogP contribution in [-0.2, 0) is 4.79 Å². The first kappa shape index (κ1) is 21.7.